The number of unbranched alkanes of at least 4 members (excludes halogenated alkanes) is 3. The quantitative estimate of drug-likeness (QED) is 0.610. The second kappa shape index (κ2) is 9.46. The van der Waals surface area contributed by atoms with Crippen molar-refractivity contribution in [3.63, 3.8) is 0 Å². The lowest BCUT2D eigenvalue weighted by molar-refractivity contribution is -0.120. The fourth-order valence-electron chi connectivity index (χ4n) is 1.54. The zero-order chi connectivity index (χ0) is 13.1. The molecular weight excluding hydrogens is 212 g/mol. The largest absolute Gasteiger partial charge is 0.356 e. The van der Waals surface area contributed by atoms with Crippen LogP contribution in [0.15, 0.2) is 0 Å². The summed E-state index contributed by atoms with van der Waals surface area (Å²) in [6, 6.07) is 0. The van der Waals surface area contributed by atoms with Gasteiger partial charge in [0.2, 0.25) is 5.91 Å². The van der Waals surface area contributed by atoms with Crippen LogP contribution < -0.4 is 10.6 Å². The highest BCUT2D eigenvalue weighted by Gasteiger charge is 2.07. The first-order valence-corrected chi connectivity index (χ1v) is 6.93. The second-order valence-corrected chi connectivity index (χ2v) is 5.86. The molecule has 0 aliphatic carbocycles. The Morgan fingerprint density at radius 2 is 1.59 bits per heavy atom. The topological polar surface area (TPSA) is 41.1 Å². The van der Waals surface area contributed by atoms with Gasteiger partial charge in [0.25, 0.3) is 0 Å². The first-order valence-electron chi connectivity index (χ1n) is 6.93. The van der Waals surface area contributed by atoms with Crippen LogP contribution in [0.4, 0.5) is 0 Å². The van der Waals surface area contributed by atoms with Gasteiger partial charge in [-0.2, -0.15) is 0 Å². The minimum atomic E-state index is 0.164. The Morgan fingerprint density at radius 1 is 1.00 bits per heavy atom. The number of amides is 1. The molecule has 3 heteroatoms. The van der Waals surface area contributed by atoms with E-state index in [2.05, 4.69) is 31.4 Å². The molecule has 0 spiro atoms. The van der Waals surface area contributed by atoms with Crippen molar-refractivity contribution in [3.8, 4) is 0 Å². The second-order valence-electron chi connectivity index (χ2n) is 5.86. The summed E-state index contributed by atoms with van der Waals surface area (Å²) in [6.45, 7) is 11.7. The highest BCUT2D eigenvalue weighted by molar-refractivity contribution is 5.75. The Hall–Kier alpha value is -0.570. The summed E-state index contributed by atoms with van der Waals surface area (Å²) in [6.07, 6.45) is 5.39. The van der Waals surface area contributed by atoms with Crippen LogP contribution in [0.1, 0.15) is 59.8 Å². The summed E-state index contributed by atoms with van der Waals surface area (Å²) in [4.78, 5) is 11.0. The maximum absolute atomic E-state index is 11.0. The minimum Gasteiger partial charge on any atom is -0.356 e. The number of carbonyl (C=O) groups excluding carboxylic acids is 1. The van der Waals surface area contributed by atoms with Crippen LogP contribution in [-0.4, -0.2) is 25.5 Å². The van der Waals surface area contributed by atoms with Crippen molar-refractivity contribution in [2.45, 2.75) is 59.8 Å². The summed E-state index contributed by atoms with van der Waals surface area (Å²) in [5.41, 5.74) is 0.379. The molecule has 0 aliphatic rings. The highest BCUT2D eigenvalue weighted by atomic mass is 16.1. The van der Waals surface area contributed by atoms with Crippen molar-refractivity contribution < 1.29 is 4.79 Å². The summed E-state index contributed by atoms with van der Waals surface area (Å²) >= 11 is 0. The van der Waals surface area contributed by atoms with Gasteiger partial charge in [-0.25, -0.2) is 0 Å². The van der Waals surface area contributed by atoms with Crippen molar-refractivity contribution in [3.05, 3.63) is 0 Å². The van der Waals surface area contributed by atoms with E-state index in [1.807, 2.05) is 6.92 Å². The van der Waals surface area contributed by atoms with E-state index in [0.29, 0.717) is 11.8 Å². The monoisotopic (exact) mass is 242 g/mol. The zero-order valence-electron chi connectivity index (χ0n) is 12.1. The van der Waals surface area contributed by atoms with Crippen molar-refractivity contribution in [1.29, 1.82) is 0 Å². The van der Waals surface area contributed by atoms with Gasteiger partial charge in [-0.05, 0) is 31.3 Å². The lowest BCUT2D eigenvalue weighted by Crippen LogP contribution is -2.27. The molecule has 0 saturated carbocycles. The van der Waals surface area contributed by atoms with E-state index < -0.39 is 0 Å². The molecule has 3 nitrogen and oxygen atoms in total. The number of rotatable bonds is 9. The third-order valence-electron chi connectivity index (χ3n) is 2.58. The molecule has 0 fully saturated rings. The molecule has 0 rings (SSSR count). The van der Waals surface area contributed by atoms with Crippen LogP contribution in [0, 0.1) is 5.41 Å². The van der Waals surface area contributed by atoms with E-state index in [1.54, 1.807) is 0 Å². The standard InChI is InChI=1S/C14H30N2O/c1-5-13(17)16-11-9-7-6-8-10-15-12-14(2,3)4/h15H,5-12H2,1-4H3,(H,16,17). The van der Waals surface area contributed by atoms with Gasteiger partial charge < -0.3 is 10.6 Å². The number of nitrogens with one attached hydrogen (secondary N) is 2. The van der Waals surface area contributed by atoms with Crippen LogP contribution >= 0.6 is 0 Å². The minimum absolute atomic E-state index is 0.164. The van der Waals surface area contributed by atoms with Crippen LogP contribution in [-0.2, 0) is 4.79 Å². The molecule has 0 radical (unpaired) electrons. The molecule has 0 unspecified atom stereocenters. The van der Waals surface area contributed by atoms with Gasteiger partial charge in [0.05, 0.1) is 0 Å². The maximum Gasteiger partial charge on any atom is 0.219 e. The van der Waals surface area contributed by atoms with Crippen molar-refractivity contribution >= 4 is 5.91 Å². The SMILES string of the molecule is CCC(=O)NCCCCCCNCC(C)(C)C. The third-order valence-corrected chi connectivity index (χ3v) is 2.58. The van der Waals surface area contributed by atoms with Crippen molar-refractivity contribution in [2.24, 2.45) is 5.41 Å². The van der Waals surface area contributed by atoms with Gasteiger partial charge in [-0.3, -0.25) is 4.79 Å². The molecule has 0 aromatic carbocycles. The molecule has 0 aliphatic heterocycles. The average Bonchev–Trinajstić information content (AvgIpc) is 2.25. The van der Waals surface area contributed by atoms with E-state index in [1.165, 1.54) is 19.3 Å². The van der Waals surface area contributed by atoms with Crippen molar-refractivity contribution in [1.82, 2.24) is 10.6 Å². The van der Waals surface area contributed by atoms with E-state index in [4.69, 9.17) is 0 Å². The summed E-state index contributed by atoms with van der Waals surface area (Å²) in [5.74, 6) is 0.164. The fraction of sp³-hybridized carbons (Fsp3) is 0.929. The molecular formula is C14H30N2O. The molecule has 0 saturated heterocycles. The fourth-order valence-corrected chi connectivity index (χ4v) is 1.54. The molecule has 0 heterocycles. The van der Waals surface area contributed by atoms with E-state index >= 15 is 0 Å². The van der Waals surface area contributed by atoms with Crippen LogP contribution in [0.25, 0.3) is 0 Å². The van der Waals surface area contributed by atoms with Crippen LogP contribution in [0.3, 0.4) is 0 Å². The molecule has 1 amide bonds. The summed E-state index contributed by atoms with van der Waals surface area (Å²) in [5, 5.41) is 6.37. The predicted molar refractivity (Wildman–Crippen MR) is 74.1 cm³/mol. The summed E-state index contributed by atoms with van der Waals surface area (Å²) in [7, 11) is 0. The van der Waals surface area contributed by atoms with Gasteiger partial charge in [0, 0.05) is 13.0 Å². The number of hydrogen-bond donors (Lipinski definition) is 2. The molecule has 0 aromatic rings. The van der Waals surface area contributed by atoms with Gasteiger partial charge in [0.15, 0.2) is 0 Å². The first kappa shape index (κ1) is 16.4. The smallest absolute Gasteiger partial charge is 0.219 e. The Bertz CT molecular complexity index is 197. The normalized spacial score (nSPS) is 11.5. The maximum atomic E-state index is 11.0. The summed E-state index contributed by atoms with van der Waals surface area (Å²) < 4.78 is 0. The van der Waals surface area contributed by atoms with E-state index in [0.717, 1.165) is 26.1 Å². The number of carbonyl (C=O) groups is 1. The highest BCUT2D eigenvalue weighted by Crippen LogP contribution is 2.10. The molecule has 0 atom stereocenters. The first-order chi connectivity index (χ1) is 7.95. The average molecular weight is 242 g/mol. The van der Waals surface area contributed by atoms with Gasteiger partial charge in [0.1, 0.15) is 0 Å². The third kappa shape index (κ3) is 13.4. The van der Waals surface area contributed by atoms with Gasteiger partial charge in [-0.15, -0.1) is 0 Å². The Kier molecular flexibility index (Phi) is 9.14. The lowest BCUT2D eigenvalue weighted by Gasteiger charge is -2.18. The predicted octanol–water partition coefficient (Wildman–Crippen LogP) is 2.71. The number of hydrogen-bond acceptors (Lipinski definition) is 2. The van der Waals surface area contributed by atoms with Crippen LogP contribution in [0.5, 0.6) is 0 Å². The lowest BCUT2D eigenvalue weighted by atomic mass is 9.97. The van der Waals surface area contributed by atoms with E-state index in [9.17, 15) is 4.79 Å². The molecule has 2 N–H and O–H groups in total. The van der Waals surface area contributed by atoms with Crippen LogP contribution in [0.2, 0.25) is 0 Å². The van der Waals surface area contributed by atoms with Crippen molar-refractivity contribution in [2.75, 3.05) is 19.6 Å². The zero-order valence-corrected chi connectivity index (χ0v) is 12.1. The Labute approximate surface area is 107 Å². The van der Waals surface area contributed by atoms with E-state index in [-0.39, 0.29) is 5.91 Å². The van der Waals surface area contributed by atoms with Gasteiger partial charge in [-0.1, -0.05) is 40.5 Å². The Balaban J connectivity index is 3.12. The Morgan fingerprint density at radius 3 is 2.12 bits per heavy atom. The molecule has 0 bridgehead atoms. The van der Waals surface area contributed by atoms with Gasteiger partial charge >= 0.3 is 0 Å². The molecule has 0 aromatic heterocycles. The molecule has 102 valence electrons. The molecule has 17 heavy (non-hydrogen) atoms.